The molecule has 0 amide bonds. The Morgan fingerprint density at radius 3 is 0.630 bits per heavy atom. The highest BCUT2D eigenvalue weighted by atomic mass is 15.2. The summed E-state index contributed by atoms with van der Waals surface area (Å²) in [6, 6.07) is 9.96. The smallest absolute Gasteiger partial charge is 0.0412 e. The lowest BCUT2D eigenvalue weighted by molar-refractivity contribution is 0.593. The Morgan fingerprint density at radius 2 is 0.519 bits per heavy atom. The van der Waals surface area contributed by atoms with Gasteiger partial charge in [0.1, 0.15) is 0 Å². The molecule has 27 heavy (non-hydrogen) atoms. The molecule has 3 nitrogen and oxygen atoms in total. The molecule has 0 aliphatic carbocycles. The van der Waals surface area contributed by atoms with Crippen LogP contribution in [0.15, 0.2) is 18.2 Å². The van der Waals surface area contributed by atoms with E-state index in [1.54, 1.807) is 0 Å². The zero-order chi connectivity index (χ0) is 21.0. The number of benzene rings is 1. The molecule has 0 spiro atoms. The summed E-state index contributed by atoms with van der Waals surface area (Å²) in [4.78, 5) is 7.60. The monoisotopic (exact) mass is 375 g/mol. The minimum Gasteiger partial charge on any atom is -0.367 e. The molecule has 0 saturated heterocycles. The molecular weight excluding hydrogens is 330 g/mol. The van der Waals surface area contributed by atoms with Crippen LogP contribution in [0.4, 0.5) is 17.1 Å². The highest BCUT2D eigenvalue weighted by Crippen LogP contribution is 2.35. The van der Waals surface area contributed by atoms with Gasteiger partial charge in [-0.3, -0.25) is 0 Å². The molecule has 0 N–H and O–H groups in total. The highest BCUT2D eigenvalue weighted by molar-refractivity contribution is 5.71. The van der Waals surface area contributed by atoms with Crippen molar-refractivity contribution in [2.24, 2.45) is 0 Å². The quantitative estimate of drug-likeness (QED) is 0.484. The van der Waals surface area contributed by atoms with Gasteiger partial charge in [-0.1, -0.05) is 0 Å². The van der Waals surface area contributed by atoms with Crippen molar-refractivity contribution in [3.8, 4) is 0 Å². The second-order valence-electron chi connectivity index (χ2n) is 9.49. The maximum Gasteiger partial charge on any atom is 0.0412 e. The molecule has 1 rings (SSSR count). The maximum absolute atomic E-state index is 2.53. The second-order valence-corrected chi connectivity index (χ2v) is 9.49. The second kappa shape index (κ2) is 9.71. The molecule has 0 aliphatic rings. The fourth-order valence-corrected chi connectivity index (χ4v) is 4.60. The lowest BCUT2D eigenvalue weighted by atomic mass is 10.1. The first-order valence-electron chi connectivity index (χ1n) is 10.9. The fourth-order valence-electron chi connectivity index (χ4n) is 4.60. The molecule has 0 aromatic heterocycles. The minimum atomic E-state index is 0.464. The van der Waals surface area contributed by atoms with Crippen molar-refractivity contribution in [2.75, 3.05) is 14.7 Å². The van der Waals surface area contributed by atoms with Crippen LogP contribution in [-0.4, -0.2) is 36.3 Å². The summed E-state index contributed by atoms with van der Waals surface area (Å²) >= 11 is 0. The first-order valence-corrected chi connectivity index (χ1v) is 10.9. The van der Waals surface area contributed by atoms with E-state index in [0.29, 0.717) is 36.3 Å². The van der Waals surface area contributed by atoms with E-state index >= 15 is 0 Å². The average molecular weight is 376 g/mol. The van der Waals surface area contributed by atoms with Gasteiger partial charge in [0.25, 0.3) is 0 Å². The predicted octanol–water partition coefficient (Wildman–Crippen LogP) is 6.56. The van der Waals surface area contributed by atoms with Crippen molar-refractivity contribution < 1.29 is 0 Å². The summed E-state index contributed by atoms with van der Waals surface area (Å²) in [5.74, 6) is 0. The Hall–Kier alpha value is -1.38. The number of rotatable bonds is 9. The molecule has 0 heterocycles. The van der Waals surface area contributed by atoms with E-state index in [4.69, 9.17) is 0 Å². The van der Waals surface area contributed by atoms with Crippen LogP contribution in [0.5, 0.6) is 0 Å². The minimum absolute atomic E-state index is 0.464. The molecule has 156 valence electrons. The van der Waals surface area contributed by atoms with E-state index in [1.807, 2.05) is 0 Å². The molecule has 0 aliphatic heterocycles. The van der Waals surface area contributed by atoms with Crippen molar-refractivity contribution in [3.05, 3.63) is 18.2 Å². The zero-order valence-electron chi connectivity index (χ0n) is 20.0. The van der Waals surface area contributed by atoms with Gasteiger partial charge < -0.3 is 14.7 Å². The van der Waals surface area contributed by atoms with Crippen LogP contribution in [0.25, 0.3) is 0 Å². The predicted molar refractivity (Wildman–Crippen MR) is 125 cm³/mol. The molecule has 3 heteroatoms. The number of hydrogen-bond donors (Lipinski definition) is 0. The van der Waals surface area contributed by atoms with Gasteiger partial charge in [0.15, 0.2) is 0 Å². The molecule has 0 atom stereocenters. The molecule has 1 aromatic rings. The van der Waals surface area contributed by atoms with E-state index in [-0.39, 0.29) is 0 Å². The van der Waals surface area contributed by atoms with Gasteiger partial charge in [0, 0.05) is 53.3 Å². The number of nitrogens with zero attached hydrogens (tertiary/aromatic N) is 3. The SMILES string of the molecule is CC(C)N(c1cc(N(C(C)C)C(C)C)cc(N(C(C)C)C(C)C)c1)C(C)C. The van der Waals surface area contributed by atoms with Crippen LogP contribution in [0.1, 0.15) is 83.1 Å². The fraction of sp³-hybridized carbons (Fsp3) is 0.750. The van der Waals surface area contributed by atoms with Gasteiger partial charge in [-0.15, -0.1) is 0 Å². The number of anilines is 3. The van der Waals surface area contributed by atoms with E-state index in [9.17, 15) is 0 Å². The third-order valence-corrected chi connectivity index (χ3v) is 5.12. The Bertz CT molecular complexity index is 456. The standard InChI is InChI=1S/C24H45N3/c1-16(2)25(17(3)4)22-13-23(26(18(5)6)19(7)8)15-24(14-22)27(20(9)10)21(11)12/h13-21H,1-12H3. The summed E-state index contributed by atoms with van der Waals surface area (Å²) in [7, 11) is 0. The summed E-state index contributed by atoms with van der Waals surface area (Å²) < 4.78 is 0. The van der Waals surface area contributed by atoms with Gasteiger partial charge in [-0.25, -0.2) is 0 Å². The van der Waals surface area contributed by atoms with E-state index in [1.165, 1.54) is 17.1 Å². The average Bonchev–Trinajstić information content (AvgIpc) is 2.44. The lowest BCUT2D eigenvalue weighted by Crippen LogP contribution is -2.40. The first kappa shape index (κ1) is 23.7. The summed E-state index contributed by atoms with van der Waals surface area (Å²) in [5, 5.41) is 0. The lowest BCUT2D eigenvalue weighted by Gasteiger charge is -2.40. The third-order valence-electron chi connectivity index (χ3n) is 5.12. The zero-order valence-corrected chi connectivity index (χ0v) is 20.0. The normalized spacial score (nSPS) is 12.2. The largest absolute Gasteiger partial charge is 0.367 e. The van der Waals surface area contributed by atoms with Crippen LogP contribution in [0.2, 0.25) is 0 Å². The molecule has 1 aromatic carbocycles. The Labute approximate surface area is 169 Å². The summed E-state index contributed by atoms with van der Waals surface area (Å²) in [6.45, 7) is 27.5. The van der Waals surface area contributed by atoms with E-state index in [0.717, 1.165) is 0 Å². The first-order chi connectivity index (χ1) is 12.4. The van der Waals surface area contributed by atoms with Gasteiger partial charge in [-0.05, 0) is 101 Å². The van der Waals surface area contributed by atoms with Crippen LogP contribution in [0.3, 0.4) is 0 Å². The van der Waals surface area contributed by atoms with Crippen molar-refractivity contribution in [2.45, 2.75) is 119 Å². The van der Waals surface area contributed by atoms with Crippen LogP contribution < -0.4 is 14.7 Å². The van der Waals surface area contributed by atoms with Crippen molar-refractivity contribution in [3.63, 3.8) is 0 Å². The molecule has 0 unspecified atom stereocenters. The highest BCUT2D eigenvalue weighted by Gasteiger charge is 2.23. The van der Waals surface area contributed by atoms with Crippen molar-refractivity contribution in [1.29, 1.82) is 0 Å². The molecule has 0 fully saturated rings. The molecule has 0 radical (unpaired) electrons. The van der Waals surface area contributed by atoms with Gasteiger partial charge in [0.2, 0.25) is 0 Å². The van der Waals surface area contributed by atoms with Crippen LogP contribution >= 0.6 is 0 Å². The van der Waals surface area contributed by atoms with Gasteiger partial charge in [0.05, 0.1) is 0 Å². The van der Waals surface area contributed by atoms with Gasteiger partial charge >= 0.3 is 0 Å². The number of hydrogen-bond acceptors (Lipinski definition) is 3. The Morgan fingerprint density at radius 1 is 0.370 bits per heavy atom. The maximum atomic E-state index is 2.53. The Balaban J connectivity index is 3.69. The van der Waals surface area contributed by atoms with Gasteiger partial charge in [-0.2, -0.15) is 0 Å². The van der Waals surface area contributed by atoms with Crippen LogP contribution in [0, 0.1) is 0 Å². The molecule has 0 bridgehead atoms. The summed E-state index contributed by atoms with van der Waals surface area (Å²) in [5.41, 5.74) is 3.97. The van der Waals surface area contributed by atoms with E-state index in [2.05, 4.69) is 116 Å². The Kier molecular flexibility index (Phi) is 8.50. The summed E-state index contributed by atoms with van der Waals surface area (Å²) in [6.07, 6.45) is 0. The third kappa shape index (κ3) is 5.80. The molecule has 0 saturated carbocycles. The van der Waals surface area contributed by atoms with Crippen LogP contribution in [-0.2, 0) is 0 Å². The van der Waals surface area contributed by atoms with Crippen molar-refractivity contribution in [1.82, 2.24) is 0 Å². The van der Waals surface area contributed by atoms with E-state index < -0.39 is 0 Å². The molecular formula is C24H45N3. The van der Waals surface area contributed by atoms with Crippen molar-refractivity contribution >= 4 is 17.1 Å². The topological polar surface area (TPSA) is 9.72 Å².